The molecular formula is C17H15NO3. The van der Waals surface area contributed by atoms with Gasteiger partial charge in [0.2, 0.25) is 0 Å². The molecular weight excluding hydrogens is 266 g/mol. The third-order valence-corrected chi connectivity index (χ3v) is 3.27. The van der Waals surface area contributed by atoms with Gasteiger partial charge in [-0.3, -0.25) is 14.9 Å². The maximum absolute atomic E-state index is 12.1. The third-order valence-electron chi connectivity index (χ3n) is 3.27. The molecule has 0 saturated heterocycles. The lowest BCUT2D eigenvalue weighted by molar-refractivity contribution is -0.385. The lowest BCUT2D eigenvalue weighted by Gasteiger charge is -2.01. The Kier molecular flexibility index (Phi) is 4.28. The Hall–Kier alpha value is -2.75. The Morgan fingerprint density at radius 1 is 1.10 bits per heavy atom. The van der Waals surface area contributed by atoms with Crippen molar-refractivity contribution in [2.24, 2.45) is 0 Å². The lowest BCUT2D eigenvalue weighted by atomic mass is 10.0. The highest BCUT2D eigenvalue weighted by molar-refractivity contribution is 6.07. The number of allylic oxidation sites excluding steroid dienone is 1. The van der Waals surface area contributed by atoms with Gasteiger partial charge in [0, 0.05) is 17.2 Å². The van der Waals surface area contributed by atoms with Crippen molar-refractivity contribution in [2.45, 2.75) is 13.8 Å². The van der Waals surface area contributed by atoms with Gasteiger partial charge in [-0.05, 0) is 31.1 Å². The van der Waals surface area contributed by atoms with Gasteiger partial charge in [0.05, 0.1) is 4.92 Å². The van der Waals surface area contributed by atoms with Crippen LogP contribution in [0.1, 0.15) is 27.0 Å². The number of nitrogens with zero attached hydrogens (tertiary/aromatic N) is 1. The van der Waals surface area contributed by atoms with Crippen LogP contribution in [0.2, 0.25) is 0 Å². The summed E-state index contributed by atoms with van der Waals surface area (Å²) in [6.45, 7) is 3.56. The molecule has 0 aliphatic heterocycles. The molecule has 0 bridgehead atoms. The Bertz CT molecular complexity index is 733. The predicted molar refractivity (Wildman–Crippen MR) is 82.4 cm³/mol. The Balaban J connectivity index is 2.26. The van der Waals surface area contributed by atoms with E-state index in [1.165, 1.54) is 12.1 Å². The number of carbonyl (C=O) groups is 1. The fourth-order valence-electron chi connectivity index (χ4n) is 2.04. The molecule has 0 aliphatic carbocycles. The minimum Gasteiger partial charge on any atom is -0.289 e. The summed E-state index contributed by atoms with van der Waals surface area (Å²) in [6, 6.07) is 12.2. The van der Waals surface area contributed by atoms with E-state index < -0.39 is 4.92 Å². The maximum Gasteiger partial charge on any atom is 0.272 e. The molecule has 0 aromatic heterocycles. The smallest absolute Gasteiger partial charge is 0.272 e. The second-order valence-corrected chi connectivity index (χ2v) is 4.82. The summed E-state index contributed by atoms with van der Waals surface area (Å²) in [4.78, 5) is 22.6. The zero-order valence-corrected chi connectivity index (χ0v) is 11.9. The SMILES string of the molecule is Cc1ccccc1C(=O)/C=C/c1ccc(C)c([N+](=O)[O-])c1. The van der Waals surface area contributed by atoms with Gasteiger partial charge in [-0.25, -0.2) is 0 Å². The summed E-state index contributed by atoms with van der Waals surface area (Å²) in [5.41, 5.74) is 2.83. The van der Waals surface area contributed by atoms with Gasteiger partial charge >= 0.3 is 0 Å². The minimum absolute atomic E-state index is 0.0560. The van der Waals surface area contributed by atoms with E-state index in [1.807, 2.05) is 25.1 Å². The molecule has 0 heterocycles. The minimum atomic E-state index is -0.421. The highest BCUT2D eigenvalue weighted by Gasteiger charge is 2.10. The molecule has 4 heteroatoms. The van der Waals surface area contributed by atoms with Crippen molar-refractivity contribution in [3.05, 3.63) is 80.9 Å². The molecule has 21 heavy (non-hydrogen) atoms. The molecule has 0 radical (unpaired) electrons. The molecule has 0 aliphatic rings. The van der Waals surface area contributed by atoms with Crippen LogP contribution in [-0.4, -0.2) is 10.7 Å². The number of carbonyl (C=O) groups excluding carboxylic acids is 1. The number of rotatable bonds is 4. The predicted octanol–water partition coefficient (Wildman–Crippen LogP) is 4.11. The molecule has 4 nitrogen and oxygen atoms in total. The van der Waals surface area contributed by atoms with Gasteiger partial charge < -0.3 is 0 Å². The van der Waals surface area contributed by atoms with Gasteiger partial charge in [0.25, 0.3) is 5.69 Å². The zero-order valence-electron chi connectivity index (χ0n) is 11.9. The van der Waals surface area contributed by atoms with Crippen molar-refractivity contribution in [2.75, 3.05) is 0 Å². The first kappa shape index (κ1) is 14.7. The summed E-state index contributed by atoms with van der Waals surface area (Å²) in [5, 5.41) is 10.9. The summed E-state index contributed by atoms with van der Waals surface area (Å²) < 4.78 is 0. The molecule has 0 amide bonds. The summed E-state index contributed by atoms with van der Waals surface area (Å²) in [5.74, 6) is -0.115. The van der Waals surface area contributed by atoms with Crippen molar-refractivity contribution >= 4 is 17.5 Å². The standard InChI is InChI=1S/C17H15NO3/c1-12-5-3-4-6-15(12)17(19)10-9-14-8-7-13(2)16(11-14)18(20)21/h3-11H,1-2H3/b10-9+. The van der Waals surface area contributed by atoms with Crippen molar-refractivity contribution in [3.8, 4) is 0 Å². The van der Waals surface area contributed by atoms with Crippen molar-refractivity contribution in [1.82, 2.24) is 0 Å². The molecule has 2 aromatic rings. The molecule has 0 N–H and O–H groups in total. The van der Waals surface area contributed by atoms with E-state index in [9.17, 15) is 14.9 Å². The highest BCUT2D eigenvalue weighted by Crippen LogP contribution is 2.20. The van der Waals surface area contributed by atoms with E-state index in [1.54, 1.807) is 31.2 Å². The Morgan fingerprint density at radius 3 is 2.48 bits per heavy atom. The first-order valence-corrected chi connectivity index (χ1v) is 6.52. The number of benzene rings is 2. The van der Waals surface area contributed by atoms with E-state index in [2.05, 4.69) is 0 Å². The number of nitro groups is 1. The molecule has 2 aromatic carbocycles. The number of hydrogen-bond donors (Lipinski definition) is 0. The molecule has 106 valence electrons. The van der Waals surface area contributed by atoms with Crippen molar-refractivity contribution in [3.63, 3.8) is 0 Å². The van der Waals surface area contributed by atoms with Gasteiger partial charge in [0.15, 0.2) is 5.78 Å². The van der Waals surface area contributed by atoms with Gasteiger partial charge in [-0.15, -0.1) is 0 Å². The molecule has 0 atom stereocenters. The van der Waals surface area contributed by atoms with Crippen LogP contribution in [0, 0.1) is 24.0 Å². The van der Waals surface area contributed by atoms with E-state index in [0.717, 1.165) is 5.56 Å². The van der Waals surface area contributed by atoms with Crippen molar-refractivity contribution < 1.29 is 9.72 Å². The highest BCUT2D eigenvalue weighted by atomic mass is 16.6. The Labute approximate surface area is 122 Å². The van der Waals surface area contributed by atoms with E-state index in [0.29, 0.717) is 16.7 Å². The summed E-state index contributed by atoms with van der Waals surface area (Å²) in [6.07, 6.45) is 3.04. The van der Waals surface area contributed by atoms with Crippen LogP contribution in [0.15, 0.2) is 48.5 Å². The summed E-state index contributed by atoms with van der Waals surface area (Å²) in [7, 11) is 0. The van der Waals surface area contributed by atoms with Crippen molar-refractivity contribution in [1.29, 1.82) is 0 Å². The molecule has 2 rings (SSSR count). The Morgan fingerprint density at radius 2 is 1.81 bits per heavy atom. The van der Waals surface area contributed by atoms with Crippen LogP contribution in [0.25, 0.3) is 6.08 Å². The fourth-order valence-corrected chi connectivity index (χ4v) is 2.04. The molecule has 0 unspecified atom stereocenters. The average molecular weight is 281 g/mol. The first-order valence-electron chi connectivity index (χ1n) is 6.52. The lowest BCUT2D eigenvalue weighted by Crippen LogP contribution is -1.97. The number of nitro benzene ring substituents is 1. The second-order valence-electron chi connectivity index (χ2n) is 4.82. The largest absolute Gasteiger partial charge is 0.289 e. The quantitative estimate of drug-likeness (QED) is 0.367. The van der Waals surface area contributed by atoms with Crippen LogP contribution in [0.5, 0.6) is 0 Å². The van der Waals surface area contributed by atoms with Crippen LogP contribution < -0.4 is 0 Å². The van der Waals surface area contributed by atoms with Gasteiger partial charge in [0.1, 0.15) is 0 Å². The second kappa shape index (κ2) is 6.13. The van der Waals surface area contributed by atoms with Crippen LogP contribution >= 0.6 is 0 Å². The fraction of sp³-hybridized carbons (Fsp3) is 0.118. The zero-order chi connectivity index (χ0) is 15.4. The van der Waals surface area contributed by atoms with Gasteiger partial charge in [-0.2, -0.15) is 0 Å². The number of aryl methyl sites for hydroxylation is 2. The number of ketones is 1. The average Bonchev–Trinajstić information content (AvgIpc) is 2.46. The number of hydrogen-bond acceptors (Lipinski definition) is 3. The van der Waals surface area contributed by atoms with E-state index in [4.69, 9.17) is 0 Å². The molecule has 0 spiro atoms. The van der Waals surface area contributed by atoms with Crippen LogP contribution in [0.4, 0.5) is 5.69 Å². The van der Waals surface area contributed by atoms with Gasteiger partial charge in [-0.1, -0.05) is 42.5 Å². The molecule has 0 fully saturated rings. The molecule has 0 saturated carbocycles. The third kappa shape index (κ3) is 3.42. The topological polar surface area (TPSA) is 60.2 Å². The van der Waals surface area contributed by atoms with Crippen LogP contribution in [-0.2, 0) is 0 Å². The normalized spacial score (nSPS) is 10.8. The summed E-state index contributed by atoms with van der Waals surface area (Å²) >= 11 is 0. The maximum atomic E-state index is 12.1. The first-order chi connectivity index (χ1) is 9.99. The van der Waals surface area contributed by atoms with Crippen LogP contribution in [0.3, 0.4) is 0 Å². The van der Waals surface area contributed by atoms with E-state index in [-0.39, 0.29) is 11.5 Å². The monoisotopic (exact) mass is 281 g/mol. The van der Waals surface area contributed by atoms with E-state index >= 15 is 0 Å².